The summed E-state index contributed by atoms with van der Waals surface area (Å²) in [6.45, 7) is 0.222. The molecule has 18 heavy (non-hydrogen) atoms. The van der Waals surface area contributed by atoms with Crippen LogP contribution in [0, 0.1) is 0 Å². The van der Waals surface area contributed by atoms with Crippen LogP contribution in [0.25, 0.3) is 0 Å². The molecule has 94 valence electrons. The van der Waals surface area contributed by atoms with Crippen LogP contribution in [-0.2, 0) is 11.3 Å². The van der Waals surface area contributed by atoms with Gasteiger partial charge in [-0.1, -0.05) is 53.5 Å². The van der Waals surface area contributed by atoms with Crippen molar-refractivity contribution in [1.82, 2.24) is 0 Å². The highest BCUT2D eigenvalue weighted by Gasteiger charge is 2.09. The van der Waals surface area contributed by atoms with Gasteiger partial charge in [0.05, 0.1) is 5.02 Å². The van der Waals surface area contributed by atoms with E-state index in [1.807, 2.05) is 30.3 Å². The van der Waals surface area contributed by atoms with Crippen molar-refractivity contribution in [2.75, 3.05) is 5.32 Å². The lowest BCUT2D eigenvalue weighted by Crippen LogP contribution is -2.12. The number of hydrogen-bond donors (Lipinski definition) is 1. The van der Waals surface area contributed by atoms with E-state index in [4.69, 9.17) is 27.9 Å². The third-order valence-corrected chi connectivity index (χ3v) is 3.86. The largest absolute Gasteiger partial charge is 0.444 e. The number of thiophene rings is 1. The molecule has 2 aromatic rings. The Labute approximate surface area is 118 Å². The molecule has 0 spiro atoms. The standard InChI is InChI=1S/C12H9Cl2NO2S/c13-9-6-10(18-11(9)14)15-12(16)17-7-8-4-2-1-3-5-8/h1-6H,7H2,(H,15,16). The number of carbonyl (C=O) groups excluding carboxylic acids is 1. The fraction of sp³-hybridized carbons (Fsp3) is 0.0833. The van der Waals surface area contributed by atoms with E-state index in [9.17, 15) is 4.79 Å². The zero-order valence-electron chi connectivity index (χ0n) is 9.15. The minimum absolute atomic E-state index is 0.222. The van der Waals surface area contributed by atoms with Crippen molar-refractivity contribution in [3.8, 4) is 0 Å². The Balaban J connectivity index is 1.86. The first-order chi connectivity index (χ1) is 8.65. The minimum atomic E-state index is -0.534. The molecule has 1 N–H and O–H groups in total. The van der Waals surface area contributed by atoms with Crippen molar-refractivity contribution < 1.29 is 9.53 Å². The molecule has 0 unspecified atom stereocenters. The van der Waals surface area contributed by atoms with Gasteiger partial charge in [0.2, 0.25) is 0 Å². The van der Waals surface area contributed by atoms with Gasteiger partial charge in [-0.25, -0.2) is 4.79 Å². The topological polar surface area (TPSA) is 38.3 Å². The molecule has 1 aromatic carbocycles. The van der Waals surface area contributed by atoms with Gasteiger partial charge < -0.3 is 4.74 Å². The number of nitrogens with one attached hydrogen (secondary N) is 1. The van der Waals surface area contributed by atoms with Crippen molar-refractivity contribution >= 4 is 45.6 Å². The van der Waals surface area contributed by atoms with E-state index in [-0.39, 0.29) is 6.61 Å². The molecule has 0 aliphatic heterocycles. The molecule has 0 atom stereocenters. The van der Waals surface area contributed by atoms with Crippen LogP contribution in [0.3, 0.4) is 0 Å². The van der Waals surface area contributed by atoms with Crippen LogP contribution in [0.1, 0.15) is 5.56 Å². The van der Waals surface area contributed by atoms with Gasteiger partial charge in [-0.15, -0.1) is 11.3 Å². The first-order valence-corrected chi connectivity index (χ1v) is 6.65. The summed E-state index contributed by atoms with van der Waals surface area (Å²) in [4.78, 5) is 11.5. The number of rotatable bonds is 3. The third kappa shape index (κ3) is 3.63. The van der Waals surface area contributed by atoms with Crippen LogP contribution in [0.15, 0.2) is 36.4 Å². The summed E-state index contributed by atoms with van der Waals surface area (Å²) in [6, 6.07) is 11.0. The molecular formula is C12H9Cl2NO2S. The lowest BCUT2D eigenvalue weighted by atomic mass is 10.2. The van der Waals surface area contributed by atoms with Gasteiger partial charge in [0, 0.05) is 0 Å². The van der Waals surface area contributed by atoms with Crippen molar-refractivity contribution in [3.05, 3.63) is 51.3 Å². The Kier molecular flexibility index (Phi) is 4.47. The fourth-order valence-electron chi connectivity index (χ4n) is 1.27. The van der Waals surface area contributed by atoms with Gasteiger partial charge in [0.25, 0.3) is 0 Å². The summed E-state index contributed by atoms with van der Waals surface area (Å²) >= 11 is 12.7. The van der Waals surface area contributed by atoms with E-state index in [1.54, 1.807) is 6.07 Å². The molecule has 0 saturated carbocycles. The van der Waals surface area contributed by atoms with Crippen LogP contribution in [0.4, 0.5) is 9.80 Å². The number of benzene rings is 1. The Morgan fingerprint density at radius 3 is 2.61 bits per heavy atom. The van der Waals surface area contributed by atoms with E-state index >= 15 is 0 Å². The third-order valence-electron chi connectivity index (χ3n) is 2.08. The number of anilines is 1. The van der Waals surface area contributed by atoms with Crippen LogP contribution in [0.2, 0.25) is 9.36 Å². The molecule has 0 aliphatic rings. The highest BCUT2D eigenvalue weighted by atomic mass is 35.5. The number of halogens is 2. The second-order valence-corrected chi connectivity index (χ2v) is 5.48. The van der Waals surface area contributed by atoms with Crippen LogP contribution in [-0.4, -0.2) is 6.09 Å². The van der Waals surface area contributed by atoms with Crippen LogP contribution in [0.5, 0.6) is 0 Å². The zero-order valence-corrected chi connectivity index (χ0v) is 11.5. The van der Waals surface area contributed by atoms with Crippen molar-refractivity contribution in [3.63, 3.8) is 0 Å². The van der Waals surface area contributed by atoms with Gasteiger partial charge in [-0.2, -0.15) is 0 Å². The molecule has 0 saturated heterocycles. The smallest absolute Gasteiger partial charge is 0.412 e. The number of ether oxygens (including phenoxy) is 1. The molecule has 6 heteroatoms. The minimum Gasteiger partial charge on any atom is -0.444 e. The Bertz CT molecular complexity index is 523. The zero-order chi connectivity index (χ0) is 13.0. The second kappa shape index (κ2) is 6.09. The second-order valence-electron chi connectivity index (χ2n) is 3.42. The van der Waals surface area contributed by atoms with Gasteiger partial charge in [-0.05, 0) is 11.6 Å². The van der Waals surface area contributed by atoms with Crippen LogP contribution < -0.4 is 5.32 Å². The molecule has 1 amide bonds. The van der Waals surface area contributed by atoms with Gasteiger partial charge >= 0.3 is 6.09 Å². The number of amides is 1. The summed E-state index contributed by atoms with van der Waals surface area (Å²) in [6.07, 6.45) is -0.534. The van der Waals surface area contributed by atoms with Crippen molar-refractivity contribution in [2.45, 2.75) is 6.61 Å². The summed E-state index contributed by atoms with van der Waals surface area (Å²) in [5.74, 6) is 0. The van der Waals surface area contributed by atoms with E-state index < -0.39 is 6.09 Å². The monoisotopic (exact) mass is 301 g/mol. The number of hydrogen-bond acceptors (Lipinski definition) is 3. The SMILES string of the molecule is O=C(Nc1cc(Cl)c(Cl)s1)OCc1ccccc1. The van der Waals surface area contributed by atoms with Crippen molar-refractivity contribution in [2.24, 2.45) is 0 Å². The fourth-order valence-corrected chi connectivity index (χ4v) is 2.52. The van der Waals surface area contributed by atoms with E-state index in [2.05, 4.69) is 5.32 Å². The quantitative estimate of drug-likeness (QED) is 0.884. The molecule has 1 heterocycles. The molecule has 0 fully saturated rings. The summed E-state index contributed by atoms with van der Waals surface area (Å²) in [7, 11) is 0. The molecule has 3 nitrogen and oxygen atoms in total. The maximum absolute atomic E-state index is 11.5. The molecule has 1 aromatic heterocycles. The normalized spacial score (nSPS) is 10.1. The highest BCUT2D eigenvalue weighted by Crippen LogP contribution is 2.35. The van der Waals surface area contributed by atoms with Gasteiger partial charge in [0.15, 0.2) is 0 Å². The maximum Gasteiger partial charge on any atom is 0.412 e. The first kappa shape index (κ1) is 13.2. The Hall–Kier alpha value is -1.23. The lowest BCUT2D eigenvalue weighted by molar-refractivity contribution is 0.155. The summed E-state index contributed by atoms with van der Waals surface area (Å²) < 4.78 is 5.49. The molecular weight excluding hydrogens is 293 g/mol. The molecule has 0 radical (unpaired) electrons. The summed E-state index contributed by atoms with van der Waals surface area (Å²) in [5.41, 5.74) is 0.926. The van der Waals surface area contributed by atoms with Crippen LogP contribution >= 0.6 is 34.5 Å². The first-order valence-electron chi connectivity index (χ1n) is 5.07. The Morgan fingerprint density at radius 2 is 2.00 bits per heavy atom. The van der Waals surface area contributed by atoms with E-state index in [0.717, 1.165) is 5.56 Å². The highest BCUT2D eigenvalue weighted by molar-refractivity contribution is 7.20. The lowest BCUT2D eigenvalue weighted by Gasteiger charge is -2.04. The summed E-state index contributed by atoms with van der Waals surface area (Å²) in [5, 5.41) is 3.54. The van der Waals surface area contributed by atoms with E-state index in [0.29, 0.717) is 14.4 Å². The predicted molar refractivity (Wildman–Crippen MR) is 74.6 cm³/mol. The van der Waals surface area contributed by atoms with Gasteiger partial charge in [0.1, 0.15) is 15.9 Å². The maximum atomic E-state index is 11.5. The number of carbonyl (C=O) groups is 1. The van der Waals surface area contributed by atoms with E-state index in [1.165, 1.54) is 11.3 Å². The molecule has 0 bridgehead atoms. The van der Waals surface area contributed by atoms with Gasteiger partial charge in [-0.3, -0.25) is 5.32 Å². The Morgan fingerprint density at radius 1 is 1.28 bits per heavy atom. The predicted octanol–water partition coefficient (Wildman–Crippen LogP) is 4.80. The average molecular weight is 302 g/mol. The molecule has 2 rings (SSSR count). The molecule has 0 aliphatic carbocycles. The average Bonchev–Trinajstić information content (AvgIpc) is 2.67. The van der Waals surface area contributed by atoms with Crippen molar-refractivity contribution in [1.29, 1.82) is 0 Å².